The van der Waals surface area contributed by atoms with Gasteiger partial charge in [-0.15, -0.1) is 0 Å². The summed E-state index contributed by atoms with van der Waals surface area (Å²) in [6.45, 7) is 1.22. The van der Waals surface area contributed by atoms with E-state index in [0.717, 1.165) is 18.4 Å². The number of aromatic nitrogens is 2. The van der Waals surface area contributed by atoms with Crippen LogP contribution in [0.4, 0.5) is 0 Å². The molecule has 0 amide bonds. The van der Waals surface area contributed by atoms with Crippen molar-refractivity contribution in [2.24, 2.45) is 13.0 Å². The first kappa shape index (κ1) is 16.0. The molecule has 21 heavy (non-hydrogen) atoms. The van der Waals surface area contributed by atoms with Gasteiger partial charge in [-0.05, 0) is 37.2 Å². The van der Waals surface area contributed by atoms with E-state index >= 15 is 0 Å². The molecule has 0 aromatic carbocycles. The Morgan fingerprint density at radius 3 is 2.95 bits per heavy atom. The van der Waals surface area contributed by atoms with Gasteiger partial charge >= 0.3 is 0 Å². The van der Waals surface area contributed by atoms with Crippen molar-refractivity contribution < 1.29 is 8.42 Å². The summed E-state index contributed by atoms with van der Waals surface area (Å²) in [6, 6.07) is 2.04. The van der Waals surface area contributed by atoms with E-state index in [1.807, 2.05) is 25.5 Å². The van der Waals surface area contributed by atoms with Crippen molar-refractivity contribution in [3.05, 3.63) is 18.0 Å². The van der Waals surface area contributed by atoms with Gasteiger partial charge in [0.05, 0.1) is 18.0 Å². The third-order valence-corrected chi connectivity index (χ3v) is 5.79. The highest BCUT2D eigenvalue weighted by molar-refractivity contribution is 7.89. The second-order valence-corrected chi connectivity index (χ2v) is 7.76. The van der Waals surface area contributed by atoms with Crippen LogP contribution in [-0.4, -0.2) is 41.3 Å². The highest BCUT2D eigenvalue weighted by atomic mass is 32.2. The quantitative estimate of drug-likeness (QED) is 0.711. The fourth-order valence-corrected chi connectivity index (χ4v) is 4.39. The fourth-order valence-electron chi connectivity index (χ4n) is 2.74. The molecular formula is C14H22N4O2S. The molecule has 0 unspecified atom stereocenters. The number of aryl methyl sites for hydroxylation is 1. The van der Waals surface area contributed by atoms with Gasteiger partial charge in [0.2, 0.25) is 10.0 Å². The van der Waals surface area contributed by atoms with E-state index in [1.54, 1.807) is 8.99 Å². The minimum absolute atomic E-state index is 0.161. The third kappa shape index (κ3) is 4.55. The third-order valence-electron chi connectivity index (χ3n) is 3.87. The number of nitrogens with zero attached hydrogens (tertiary/aromatic N) is 4. The Bertz CT molecular complexity index is 603. The molecule has 1 aliphatic rings. The van der Waals surface area contributed by atoms with Crippen LogP contribution in [0.15, 0.2) is 12.4 Å². The van der Waals surface area contributed by atoms with Crippen LogP contribution in [0, 0.1) is 17.2 Å². The molecule has 2 rings (SSSR count). The molecule has 1 saturated heterocycles. The lowest BCUT2D eigenvalue weighted by Gasteiger charge is -2.16. The zero-order valence-electron chi connectivity index (χ0n) is 12.4. The zero-order valence-corrected chi connectivity index (χ0v) is 13.2. The van der Waals surface area contributed by atoms with Gasteiger partial charge in [-0.25, -0.2) is 12.7 Å². The topological polar surface area (TPSA) is 79.0 Å². The molecule has 0 radical (unpaired) electrons. The Balaban J connectivity index is 1.82. The zero-order chi connectivity index (χ0) is 15.3. The van der Waals surface area contributed by atoms with Gasteiger partial charge < -0.3 is 0 Å². The van der Waals surface area contributed by atoms with E-state index < -0.39 is 10.0 Å². The second kappa shape index (κ2) is 7.05. The number of rotatable bonds is 7. The molecule has 1 aliphatic heterocycles. The van der Waals surface area contributed by atoms with Crippen molar-refractivity contribution in [3.8, 4) is 6.07 Å². The maximum Gasteiger partial charge on any atom is 0.214 e. The molecule has 7 heteroatoms. The van der Waals surface area contributed by atoms with Crippen LogP contribution in [0.5, 0.6) is 0 Å². The van der Waals surface area contributed by atoms with Crippen LogP contribution in [-0.2, 0) is 23.5 Å². The van der Waals surface area contributed by atoms with Crippen molar-refractivity contribution in [1.29, 1.82) is 5.26 Å². The van der Waals surface area contributed by atoms with Crippen molar-refractivity contribution in [2.75, 3.05) is 18.8 Å². The maximum absolute atomic E-state index is 12.2. The molecule has 0 bridgehead atoms. The van der Waals surface area contributed by atoms with Crippen LogP contribution in [0.1, 0.15) is 31.2 Å². The summed E-state index contributed by atoms with van der Waals surface area (Å²) in [6.07, 6.45) is 7.28. The van der Waals surface area contributed by atoms with E-state index in [4.69, 9.17) is 5.26 Å². The minimum atomic E-state index is -3.16. The van der Waals surface area contributed by atoms with Crippen molar-refractivity contribution in [1.82, 2.24) is 14.1 Å². The van der Waals surface area contributed by atoms with Crippen LogP contribution in [0.25, 0.3) is 0 Å². The van der Waals surface area contributed by atoms with E-state index in [0.29, 0.717) is 38.3 Å². The first-order valence-electron chi connectivity index (χ1n) is 7.33. The predicted molar refractivity (Wildman–Crippen MR) is 79.8 cm³/mol. The summed E-state index contributed by atoms with van der Waals surface area (Å²) in [5, 5.41) is 12.6. The normalized spacial score (nSPS) is 19.7. The molecule has 2 heterocycles. The number of hydrogen-bond acceptors (Lipinski definition) is 4. The largest absolute Gasteiger partial charge is 0.276 e. The summed E-state index contributed by atoms with van der Waals surface area (Å²) in [4.78, 5) is 0. The summed E-state index contributed by atoms with van der Waals surface area (Å²) in [5.74, 6) is 0.539. The summed E-state index contributed by atoms with van der Waals surface area (Å²) in [7, 11) is -1.27. The van der Waals surface area contributed by atoms with Crippen LogP contribution >= 0.6 is 0 Å². The predicted octanol–water partition coefficient (Wildman–Crippen LogP) is 1.31. The average molecular weight is 310 g/mol. The molecule has 1 aromatic heterocycles. The van der Waals surface area contributed by atoms with E-state index in [1.165, 1.54) is 0 Å². The highest BCUT2D eigenvalue weighted by Crippen LogP contribution is 2.23. The Morgan fingerprint density at radius 2 is 2.29 bits per heavy atom. The van der Waals surface area contributed by atoms with Gasteiger partial charge in [-0.3, -0.25) is 4.68 Å². The van der Waals surface area contributed by atoms with Crippen LogP contribution < -0.4 is 0 Å². The first-order valence-corrected chi connectivity index (χ1v) is 8.94. The Kier molecular flexibility index (Phi) is 5.37. The van der Waals surface area contributed by atoms with Crippen LogP contribution in [0.2, 0.25) is 0 Å². The number of unbranched alkanes of at least 4 members (excludes halogenated alkanes) is 2. The Hall–Kier alpha value is -1.39. The Labute approximate surface area is 126 Å². The summed E-state index contributed by atoms with van der Waals surface area (Å²) >= 11 is 0. The van der Waals surface area contributed by atoms with Gasteiger partial charge in [-0.1, -0.05) is 0 Å². The monoisotopic (exact) mass is 310 g/mol. The minimum Gasteiger partial charge on any atom is -0.276 e. The van der Waals surface area contributed by atoms with Crippen LogP contribution in [0.3, 0.4) is 0 Å². The number of sulfonamides is 1. The highest BCUT2D eigenvalue weighted by Gasteiger charge is 2.30. The molecule has 1 fully saturated rings. The van der Waals surface area contributed by atoms with Crippen molar-refractivity contribution in [2.45, 2.75) is 32.1 Å². The van der Waals surface area contributed by atoms with E-state index in [9.17, 15) is 8.42 Å². The SMILES string of the molecule is Cn1cc(C[C@@H]2CCN(S(=O)(=O)CCCCC#N)C2)cn1. The number of nitriles is 1. The lowest BCUT2D eigenvalue weighted by molar-refractivity contribution is 0.454. The lowest BCUT2D eigenvalue weighted by atomic mass is 10.0. The van der Waals surface area contributed by atoms with Gasteiger partial charge in [0.1, 0.15) is 0 Å². The molecule has 0 N–H and O–H groups in total. The molecule has 0 saturated carbocycles. The molecule has 0 spiro atoms. The summed E-state index contributed by atoms with van der Waals surface area (Å²) in [5.41, 5.74) is 1.16. The molecule has 1 atom stereocenters. The second-order valence-electron chi connectivity index (χ2n) is 5.67. The molecular weight excluding hydrogens is 288 g/mol. The molecule has 116 valence electrons. The van der Waals surface area contributed by atoms with Gasteiger partial charge in [0, 0.05) is 32.8 Å². The summed E-state index contributed by atoms with van der Waals surface area (Å²) < 4.78 is 27.8. The number of hydrogen-bond donors (Lipinski definition) is 0. The van der Waals surface area contributed by atoms with E-state index in [-0.39, 0.29) is 5.75 Å². The van der Waals surface area contributed by atoms with Crippen molar-refractivity contribution >= 4 is 10.0 Å². The lowest BCUT2D eigenvalue weighted by Crippen LogP contribution is -2.31. The van der Waals surface area contributed by atoms with E-state index in [2.05, 4.69) is 5.10 Å². The fraction of sp³-hybridized carbons (Fsp3) is 0.714. The molecule has 1 aromatic rings. The van der Waals surface area contributed by atoms with Crippen molar-refractivity contribution in [3.63, 3.8) is 0 Å². The van der Waals surface area contributed by atoms with Gasteiger partial charge in [-0.2, -0.15) is 10.4 Å². The van der Waals surface area contributed by atoms with Gasteiger partial charge in [0.25, 0.3) is 0 Å². The standard InChI is InChI=1S/C14H22N4O2S/c1-17-11-14(10-16-17)9-13-5-7-18(12-13)21(19,20)8-4-2-3-6-15/h10-11,13H,2-5,7-9,12H2,1H3/t13-/m0/s1. The van der Waals surface area contributed by atoms with Gasteiger partial charge in [0.15, 0.2) is 0 Å². The first-order chi connectivity index (χ1) is 10.0. The molecule has 6 nitrogen and oxygen atoms in total. The molecule has 0 aliphatic carbocycles. The smallest absolute Gasteiger partial charge is 0.214 e. The Morgan fingerprint density at radius 1 is 1.48 bits per heavy atom. The average Bonchev–Trinajstić information content (AvgIpc) is 3.05. The maximum atomic E-state index is 12.2.